The first-order chi connectivity index (χ1) is 9.22. The summed E-state index contributed by atoms with van der Waals surface area (Å²) in [4.78, 5) is 15.0. The summed E-state index contributed by atoms with van der Waals surface area (Å²) in [6.07, 6.45) is -0.552. The summed E-state index contributed by atoms with van der Waals surface area (Å²) in [6, 6.07) is 7.25. The van der Waals surface area contributed by atoms with Gasteiger partial charge in [-0.25, -0.2) is 4.79 Å². The van der Waals surface area contributed by atoms with Crippen molar-refractivity contribution in [3.05, 3.63) is 30.2 Å². The first-order valence-corrected chi connectivity index (χ1v) is 5.51. The van der Waals surface area contributed by atoms with Crippen LogP contribution in [0.4, 0.5) is 4.79 Å². The molecule has 1 aromatic carbocycles. The first-order valence-electron chi connectivity index (χ1n) is 5.51. The molecule has 1 heterocycles. The Morgan fingerprint density at radius 2 is 2.05 bits per heavy atom. The predicted octanol–water partition coefficient (Wildman–Crippen LogP) is 1.60. The van der Waals surface area contributed by atoms with Crippen LogP contribution in [0, 0.1) is 0 Å². The van der Waals surface area contributed by atoms with Gasteiger partial charge in [-0.1, -0.05) is 5.16 Å². The smallest absolute Gasteiger partial charge is 0.407 e. The minimum Gasteiger partial charge on any atom is -0.497 e. The van der Waals surface area contributed by atoms with Gasteiger partial charge in [0, 0.05) is 5.56 Å². The van der Waals surface area contributed by atoms with Crippen molar-refractivity contribution >= 4 is 6.09 Å². The number of nitrogens with one attached hydrogen (secondary N) is 1. The molecule has 1 aromatic heterocycles. The third kappa shape index (κ3) is 3.21. The molecule has 0 atom stereocenters. The SMILES string of the molecule is COC(=O)NCc1nc(-c2ccc(OC)cc2)no1. The van der Waals surface area contributed by atoms with E-state index in [0.29, 0.717) is 11.7 Å². The predicted molar refractivity (Wildman–Crippen MR) is 65.5 cm³/mol. The van der Waals surface area contributed by atoms with Crippen molar-refractivity contribution in [3.63, 3.8) is 0 Å². The summed E-state index contributed by atoms with van der Waals surface area (Å²) in [5, 5.41) is 6.28. The molecule has 0 bridgehead atoms. The molecule has 0 aliphatic rings. The summed E-state index contributed by atoms with van der Waals surface area (Å²) < 4.78 is 14.5. The number of ether oxygens (including phenoxy) is 2. The van der Waals surface area contributed by atoms with Crippen molar-refractivity contribution in [2.24, 2.45) is 0 Å². The molecular weight excluding hydrogens is 250 g/mol. The standard InChI is InChI=1S/C12H13N3O4/c1-17-9-5-3-8(4-6-9)11-14-10(19-15-11)7-13-12(16)18-2/h3-6H,7H2,1-2H3,(H,13,16). The van der Waals surface area contributed by atoms with Gasteiger partial charge >= 0.3 is 6.09 Å². The maximum absolute atomic E-state index is 10.9. The Kier molecular flexibility index (Phi) is 3.97. The van der Waals surface area contributed by atoms with Gasteiger partial charge in [-0.15, -0.1) is 0 Å². The molecule has 2 rings (SSSR count). The Labute approximate surface area is 109 Å². The third-order valence-electron chi connectivity index (χ3n) is 2.39. The van der Waals surface area contributed by atoms with E-state index in [1.165, 1.54) is 7.11 Å². The summed E-state index contributed by atoms with van der Waals surface area (Å²) >= 11 is 0. The molecule has 0 aliphatic heterocycles. The van der Waals surface area contributed by atoms with E-state index in [-0.39, 0.29) is 6.54 Å². The Bertz CT molecular complexity index is 550. The van der Waals surface area contributed by atoms with Crippen LogP contribution < -0.4 is 10.1 Å². The van der Waals surface area contributed by atoms with Crippen molar-refractivity contribution in [2.75, 3.05) is 14.2 Å². The van der Waals surface area contributed by atoms with Gasteiger partial charge in [-0.05, 0) is 24.3 Å². The van der Waals surface area contributed by atoms with Crippen LogP contribution in [-0.4, -0.2) is 30.5 Å². The minimum atomic E-state index is -0.552. The maximum Gasteiger partial charge on any atom is 0.407 e. The quantitative estimate of drug-likeness (QED) is 0.901. The summed E-state index contributed by atoms with van der Waals surface area (Å²) in [5.41, 5.74) is 0.800. The Hall–Kier alpha value is -2.57. The van der Waals surface area contributed by atoms with Crippen LogP contribution >= 0.6 is 0 Å². The molecule has 0 fully saturated rings. The number of alkyl carbamates (subject to hydrolysis) is 1. The minimum absolute atomic E-state index is 0.121. The number of methoxy groups -OCH3 is 2. The molecule has 19 heavy (non-hydrogen) atoms. The number of carbonyl (C=O) groups excluding carboxylic acids is 1. The van der Waals surface area contributed by atoms with Gasteiger partial charge in [0.25, 0.3) is 0 Å². The van der Waals surface area contributed by atoms with Gasteiger partial charge < -0.3 is 19.3 Å². The van der Waals surface area contributed by atoms with E-state index >= 15 is 0 Å². The molecule has 1 amide bonds. The lowest BCUT2D eigenvalue weighted by molar-refractivity contribution is 0.169. The van der Waals surface area contributed by atoms with Gasteiger partial charge in [-0.3, -0.25) is 0 Å². The highest BCUT2D eigenvalue weighted by Crippen LogP contribution is 2.19. The fraction of sp³-hybridized carbons (Fsp3) is 0.250. The van der Waals surface area contributed by atoms with E-state index in [1.807, 2.05) is 12.1 Å². The number of nitrogens with zero attached hydrogens (tertiary/aromatic N) is 2. The van der Waals surface area contributed by atoms with E-state index in [0.717, 1.165) is 11.3 Å². The summed E-state index contributed by atoms with van der Waals surface area (Å²) in [6.45, 7) is 0.121. The average Bonchev–Trinajstić information content (AvgIpc) is 2.93. The molecule has 1 N–H and O–H groups in total. The van der Waals surface area contributed by atoms with Crippen molar-refractivity contribution in [2.45, 2.75) is 6.54 Å². The Morgan fingerprint density at radius 1 is 1.32 bits per heavy atom. The molecule has 7 heteroatoms. The van der Waals surface area contributed by atoms with Crippen molar-refractivity contribution in [3.8, 4) is 17.1 Å². The second kappa shape index (κ2) is 5.85. The normalized spacial score (nSPS) is 10.0. The van der Waals surface area contributed by atoms with Gasteiger partial charge in [-0.2, -0.15) is 4.98 Å². The van der Waals surface area contributed by atoms with Crippen LogP contribution in [0.25, 0.3) is 11.4 Å². The van der Waals surface area contributed by atoms with Gasteiger partial charge in [0.1, 0.15) is 12.3 Å². The maximum atomic E-state index is 10.9. The lowest BCUT2D eigenvalue weighted by Gasteiger charge is -1.99. The number of benzene rings is 1. The zero-order valence-corrected chi connectivity index (χ0v) is 10.5. The highest BCUT2D eigenvalue weighted by atomic mass is 16.5. The van der Waals surface area contributed by atoms with Crippen molar-refractivity contribution < 1.29 is 18.8 Å². The average molecular weight is 263 g/mol. The fourth-order valence-corrected chi connectivity index (χ4v) is 1.40. The number of carbonyl (C=O) groups is 1. The molecule has 0 saturated carbocycles. The number of aromatic nitrogens is 2. The zero-order valence-electron chi connectivity index (χ0n) is 10.5. The van der Waals surface area contributed by atoms with Gasteiger partial charge in [0.2, 0.25) is 11.7 Å². The van der Waals surface area contributed by atoms with Crippen LogP contribution in [-0.2, 0) is 11.3 Å². The number of rotatable bonds is 4. The van der Waals surface area contributed by atoms with E-state index in [1.54, 1.807) is 19.2 Å². The van der Waals surface area contributed by atoms with Crippen LogP contribution in [0.3, 0.4) is 0 Å². The topological polar surface area (TPSA) is 86.5 Å². The highest BCUT2D eigenvalue weighted by molar-refractivity contribution is 5.66. The van der Waals surface area contributed by atoms with Crippen LogP contribution in [0.2, 0.25) is 0 Å². The van der Waals surface area contributed by atoms with E-state index in [9.17, 15) is 4.79 Å². The number of hydrogen-bond donors (Lipinski definition) is 1. The second-order valence-corrected chi connectivity index (χ2v) is 3.59. The first kappa shape index (κ1) is 12.9. The lowest BCUT2D eigenvalue weighted by Crippen LogP contribution is -2.22. The zero-order chi connectivity index (χ0) is 13.7. The van der Waals surface area contributed by atoms with E-state index in [4.69, 9.17) is 9.26 Å². The Balaban J connectivity index is 2.05. The van der Waals surface area contributed by atoms with Gasteiger partial charge in [0.05, 0.1) is 14.2 Å². The highest BCUT2D eigenvalue weighted by Gasteiger charge is 2.09. The van der Waals surface area contributed by atoms with Gasteiger partial charge in [0.15, 0.2) is 0 Å². The molecule has 100 valence electrons. The Morgan fingerprint density at radius 3 is 2.68 bits per heavy atom. The van der Waals surface area contributed by atoms with Crippen molar-refractivity contribution in [1.29, 1.82) is 0 Å². The number of amides is 1. The number of hydrogen-bond acceptors (Lipinski definition) is 6. The molecule has 2 aromatic rings. The molecule has 0 aliphatic carbocycles. The largest absolute Gasteiger partial charge is 0.497 e. The monoisotopic (exact) mass is 263 g/mol. The van der Waals surface area contributed by atoms with Crippen LogP contribution in [0.5, 0.6) is 5.75 Å². The van der Waals surface area contributed by atoms with E-state index in [2.05, 4.69) is 20.2 Å². The fourth-order valence-electron chi connectivity index (χ4n) is 1.40. The molecule has 0 radical (unpaired) electrons. The second-order valence-electron chi connectivity index (χ2n) is 3.59. The molecular formula is C12H13N3O4. The lowest BCUT2D eigenvalue weighted by atomic mass is 10.2. The van der Waals surface area contributed by atoms with Crippen LogP contribution in [0.1, 0.15) is 5.89 Å². The van der Waals surface area contributed by atoms with Crippen LogP contribution in [0.15, 0.2) is 28.8 Å². The molecule has 0 saturated heterocycles. The van der Waals surface area contributed by atoms with Crippen molar-refractivity contribution in [1.82, 2.24) is 15.5 Å². The summed E-state index contributed by atoms with van der Waals surface area (Å²) in [5.74, 6) is 1.50. The molecule has 0 unspecified atom stereocenters. The molecule has 0 spiro atoms. The third-order valence-corrected chi connectivity index (χ3v) is 2.39. The summed E-state index contributed by atoms with van der Waals surface area (Å²) in [7, 11) is 2.88. The van der Waals surface area contributed by atoms with E-state index < -0.39 is 6.09 Å². The molecule has 7 nitrogen and oxygen atoms in total.